The summed E-state index contributed by atoms with van der Waals surface area (Å²) < 4.78 is 15.4. The minimum Gasteiger partial charge on any atom is -0.295 e. The van der Waals surface area contributed by atoms with Gasteiger partial charge in [-0.2, -0.15) is 14.2 Å². The van der Waals surface area contributed by atoms with Gasteiger partial charge in [0.1, 0.15) is 12.7 Å². The molecule has 0 radical (unpaired) electrons. The topological polar surface area (TPSA) is 81.4 Å². The zero-order chi connectivity index (χ0) is 12.5. The first-order valence-electron chi connectivity index (χ1n) is 5.04. The Morgan fingerprint density at radius 1 is 1.33 bits per heavy atom. The Kier molecular flexibility index (Phi) is 2.26. The number of aromatic nitrogens is 6. The summed E-state index contributed by atoms with van der Waals surface area (Å²) in [4.78, 5) is 19.4. The first kappa shape index (κ1) is 10.4. The van der Waals surface area contributed by atoms with Crippen molar-refractivity contribution in [1.29, 1.82) is 0 Å². The van der Waals surface area contributed by atoms with E-state index in [-0.39, 0.29) is 11.5 Å². The highest BCUT2D eigenvalue weighted by molar-refractivity contribution is 5.29. The predicted molar refractivity (Wildman–Crippen MR) is 59.1 cm³/mol. The van der Waals surface area contributed by atoms with E-state index >= 15 is 0 Å². The molecule has 18 heavy (non-hydrogen) atoms. The monoisotopic (exact) mass is 246 g/mol. The molecule has 3 aromatic rings. The van der Waals surface area contributed by atoms with Crippen LogP contribution in [0.25, 0.3) is 11.5 Å². The van der Waals surface area contributed by atoms with Gasteiger partial charge in [0, 0.05) is 0 Å². The fourth-order valence-electron chi connectivity index (χ4n) is 1.55. The number of nitrogens with one attached hydrogen (secondary N) is 1. The number of pyridine rings is 1. The van der Waals surface area contributed by atoms with Crippen LogP contribution in [0.1, 0.15) is 0 Å². The van der Waals surface area contributed by atoms with Gasteiger partial charge in [0.05, 0.1) is 6.20 Å². The Morgan fingerprint density at radius 3 is 2.94 bits per heavy atom. The Morgan fingerprint density at radius 2 is 2.22 bits per heavy atom. The molecule has 0 aromatic carbocycles. The maximum absolute atomic E-state index is 13.0. The van der Waals surface area contributed by atoms with Gasteiger partial charge in [-0.3, -0.25) is 9.89 Å². The van der Waals surface area contributed by atoms with Crippen LogP contribution in [0.2, 0.25) is 0 Å². The van der Waals surface area contributed by atoms with Crippen LogP contribution in [0.5, 0.6) is 0 Å². The lowest BCUT2D eigenvalue weighted by molar-refractivity contribution is 0.576. The summed E-state index contributed by atoms with van der Waals surface area (Å²) in [5.74, 6) is -0.484. The zero-order valence-corrected chi connectivity index (χ0v) is 8.99. The van der Waals surface area contributed by atoms with Crippen LogP contribution in [0.3, 0.4) is 0 Å². The van der Waals surface area contributed by atoms with Crippen molar-refractivity contribution < 1.29 is 4.39 Å². The summed E-state index contributed by atoms with van der Waals surface area (Å²) in [6.45, 7) is 0. The predicted octanol–water partition coefficient (Wildman–Crippen LogP) is 0.280. The zero-order valence-electron chi connectivity index (χ0n) is 8.99. The van der Waals surface area contributed by atoms with Gasteiger partial charge >= 0.3 is 0 Å². The molecule has 3 heterocycles. The molecule has 90 valence electrons. The molecule has 0 aliphatic rings. The van der Waals surface area contributed by atoms with Gasteiger partial charge in [0.25, 0.3) is 5.56 Å². The van der Waals surface area contributed by atoms with E-state index in [9.17, 15) is 9.18 Å². The van der Waals surface area contributed by atoms with E-state index < -0.39 is 11.5 Å². The number of halogens is 1. The van der Waals surface area contributed by atoms with Crippen LogP contribution in [-0.2, 0) is 0 Å². The van der Waals surface area contributed by atoms with Gasteiger partial charge in [-0.1, -0.05) is 6.07 Å². The summed E-state index contributed by atoms with van der Waals surface area (Å²) in [6.07, 6.45) is 4.16. The second-order valence-electron chi connectivity index (χ2n) is 3.46. The van der Waals surface area contributed by atoms with Crippen molar-refractivity contribution in [2.45, 2.75) is 0 Å². The molecule has 0 saturated carbocycles. The molecule has 0 atom stereocenters. The first-order valence-corrected chi connectivity index (χ1v) is 5.04. The van der Waals surface area contributed by atoms with Crippen molar-refractivity contribution in [2.75, 3.05) is 0 Å². The molecule has 8 heteroatoms. The minimum atomic E-state index is -0.656. The summed E-state index contributed by atoms with van der Waals surface area (Å²) in [5.41, 5.74) is -0.114. The SMILES string of the molecule is O=c1c(-n2cncn2)c[nH]n1-c1cccc(F)n1. The Balaban J connectivity index is 2.13. The number of rotatable bonds is 2. The van der Waals surface area contributed by atoms with E-state index in [4.69, 9.17) is 0 Å². The smallest absolute Gasteiger partial charge is 0.295 e. The molecule has 0 fully saturated rings. The van der Waals surface area contributed by atoms with Gasteiger partial charge in [-0.25, -0.2) is 14.6 Å². The summed E-state index contributed by atoms with van der Waals surface area (Å²) in [7, 11) is 0. The summed E-state index contributed by atoms with van der Waals surface area (Å²) >= 11 is 0. The van der Waals surface area contributed by atoms with E-state index in [0.29, 0.717) is 0 Å². The number of nitrogens with zero attached hydrogens (tertiary/aromatic N) is 5. The van der Waals surface area contributed by atoms with Crippen molar-refractivity contribution >= 4 is 0 Å². The fraction of sp³-hybridized carbons (Fsp3) is 0. The highest BCUT2D eigenvalue weighted by Gasteiger charge is 2.11. The quantitative estimate of drug-likeness (QED) is 0.658. The maximum Gasteiger partial charge on any atom is 0.298 e. The highest BCUT2D eigenvalue weighted by Crippen LogP contribution is 2.03. The average Bonchev–Trinajstić information content (AvgIpc) is 2.97. The first-order chi connectivity index (χ1) is 8.75. The number of hydrogen-bond donors (Lipinski definition) is 1. The molecule has 3 rings (SSSR count). The third kappa shape index (κ3) is 1.59. The standard InChI is InChI=1S/C10H7FN6O/c11-8-2-1-3-9(15-8)17-10(18)7(4-13-17)16-6-12-5-14-16/h1-6,13H. The lowest BCUT2D eigenvalue weighted by Crippen LogP contribution is -2.19. The molecule has 0 aliphatic carbocycles. The molecule has 3 aromatic heterocycles. The second-order valence-corrected chi connectivity index (χ2v) is 3.46. The largest absolute Gasteiger partial charge is 0.298 e. The Bertz CT molecular complexity index is 729. The van der Waals surface area contributed by atoms with Crippen molar-refractivity contribution in [3.05, 3.63) is 53.4 Å². The maximum atomic E-state index is 13.0. The molecule has 7 nitrogen and oxygen atoms in total. The molecule has 0 amide bonds. The van der Waals surface area contributed by atoms with E-state index in [1.807, 2.05) is 0 Å². The van der Waals surface area contributed by atoms with Crippen LogP contribution in [0.4, 0.5) is 4.39 Å². The van der Waals surface area contributed by atoms with E-state index in [2.05, 4.69) is 20.2 Å². The van der Waals surface area contributed by atoms with Crippen molar-refractivity contribution in [2.24, 2.45) is 0 Å². The van der Waals surface area contributed by atoms with Gasteiger partial charge in [-0.05, 0) is 12.1 Å². The van der Waals surface area contributed by atoms with E-state index in [1.165, 1.54) is 41.7 Å². The molecule has 1 N–H and O–H groups in total. The van der Waals surface area contributed by atoms with Crippen molar-refractivity contribution in [3.63, 3.8) is 0 Å². The van der Waals surface area contributed by atoms with Gasteiger partial charge < -0.3 is 0 Å². The van der Waals surface area contributed by atoms with Gasteiger partial charge in [0.2, 0.25) is 5.95 Å². The summed E-state index contributed by atoms with van der Waals surface area (Å²) in [5, 5.41) is 6.54. The van der Waals surface area contributed by atoms with Crippen LogP contribution in [-0.4, -0.2) is 29.5 Å². The molecule has 0 bridgehead atoms. The normalized spacial score (nSPS) is 10.7. The molecular formula is C10H7FN6O. The molecule has 0 unspecified atom stereocenters. The molecule has 0 spiro atoms. The Labute approximate surface area is 99.5 Å². The highest BCUT2D eigenvalue weighted by atomic mass is 19.1. The summed E-state index contributed by atoms with van der Waals surface area (Å²) in [6, 6.07) is 4.20. The minimum absolute atomic E-state index is 0.173. The third-order valence-electron chi connectivity index (χ3n) is 2.35. The van der Waals surface area contributed by atoms with Crippen LogP contribution in [0.15, 0.2) is 41.8 Å². The second kappa shape index (κ2) is 3.91. The molecule has 0 aliphatic heterocycles. The average molecular weight is 246 g/mol. The number of hydrogen-bond acceptors (Lipinski definition) is 4. The van der Waals surface area contributed by atoms with Crippen molar-refractivity contribution in [3.8, 4) is 11.5 Å². The lowest BCUT2D eigenvalue weighted by Gasteiger charge is -1.99. The van der Waals surface area contributed by atoms with Crippen LogP contribution < -0.4 is 5.56 Å². The van der Waals surface area contributed by atoms with E-state index in [1.54, 1.807) is 0 Å². The van der Waals surface area contributed by atoms with E-state index in [0.717, 1.165) is 4.68 Å². The molecular weight excluding hydrogens is 239 g/mol. The number of aromatic amines is 1. The Hall–Kier alpha value is -2.77. The van der Waals surface area contributed by atoms with Gasteiger partial charge in [-0.15, -0.1) is 0 Å². The lowest BCUT2D eigenvalue weighted by atomic mass is 10.4. The van der Waals surface area contributed by atoms with Crippen LogP contribution >= 0.6 is 0 Å². The fourth-order valence-corrected chi connectivity index (χ4v) is 1.55. The third-order valence-corrected chi connectivity index (χ3v) is 2.35. The van der Waals surface area contributed by atoms with Crippen molar-refractivity contribution in [1.82, 2.24) is 29.5 Å². The van der Waals surface area contributed by atoms with Crippen LogP contribution in [0, 0.1) is 5.95 Å². The van der Waals surface area contributed by atoms with Gasteiger partial charge in [0.15, 0.2) is 11.5 Å². The number of H-pyrrole nitrogens is 1. The molecule has 0 saturated heterocycles.